The number of hydrogen-bond donors (Lipinski definition) is 2. The Hall–Kier alpha value is -2.56. The van der Waals surface area contributed by atoms with Gasteiger partial charge in [0, 0.05) is 42.4 Å². The molecule has 0 fully saturated rings. The minimum absolute atomic E-state index is 0.205. The number of rotatable bonds is 8. The second kappa shape index (κ2) is 9.06. The lowest BCUT2D eigenvalue weighted by molar-refractivity contribution is 0.102. The van der Waals surface area contributed by atoms with E-state index in [9.17, 15) is 4.79 Å². The number of anilines is 3. The van der Waals surface area contributed by atoms with E-state index in [1.54, 1.807) is 12.3 Å². The molecule has 2 N–H and O–H groups in total. The first-order valence-electron chi connectivity index (χ1n) is 8.96. The maximum absolute atomic E-state index is 12.4. The van der Waals surface area contributed by atoms with Gasteiger partial charge in [0.1, 0.15) is 5.69 Å². The molecule has 2 aromatic rings. The van der Waals surface area contributed by atoms with E-state index in [-0.39, 0.29) is 5.91 Å². The average Bonchev–Trinajstić information content (AvgIpc) is 2.64. The standard InChI is InChI=1S/C20H28N4O/c1-5-15(4)22-17-12-13-21-19(14-17)20(25)23-16-8-10-18(11-9-16)24(6-2)7-3/h8-15H,5-7H2,1-4H3,(H,21,22)(H,23,25). The van der Waals surface area contributed by atoms with Crippen molar-refractivity contribution in [3.8, 4) is 0 Å². The quantitative estimate of drug-likeness (QED) is 0.748. The number of amides is 1. The molecule has 1 aromatic heterocycles. The summed E-state index contributed by atoms with van der Waals surface area (Å²) < 4.78 is 0. The summed E-state index contributed by atoms with van der Waals surface area (Å²) in [7, 11) is 0. The van der Waals surface area contributed by atoms with Crippen LogP contribution >= 0.6 is 0 Å². The second-order valence-electron chi connectivity index (χ2n) is 6.06. The summed E-state index contributed by atoms with van der Waals surface area (Å²) in [6, 6.07) is 11.9. The number of hydrogen-bond acceptors (Lipinski definition) is 4. The zero-order chi connectivity index (χ0) is 18.2. The van der Waals surface area contributed by atoms with Crippen LogP contribution in [-0.4, -0.2) is 30.0 Å². The Labute approximate surface area is 150 Å². The van der Waals surface area contributed by atoms with Crippen molar-refractivity contribution in [3.05, 3.63) is 48.3 Å². The van der Waals surface area contributed by atoms with Crippen molar-refractivity contribution in [1.82, 2.24) is 4.98 Å². The highest BCUT2D eigenvalue weighted by Crippen LogP contribution is 2.18. The van der Waals surface area contributed by atoms with Gasteiger partial charge in [-0.05, 0) is 63.6 Å². The van der Waals surface area contributed by atoms with Crippen molar-refractivity contribution in [1.29, 1.82) is 0 Å². The number of carbonyl (C=O) groups is 1. The third-order valence-electron chi connectivity index (χ3n) is 4.27. The molecule has 1 atom stereocenters. The van der Waals surface area contributed by atoms with Gasteiger partial charge in [-0.1, -0.05) is 6.92 Å². The van der Waals surface area contributed by atoms with Gasteiger partial charge in [0.05, 0.1) is 0 Å². The van der Waals surface area contributed by atoms with Crippen molar-refractivity contribution < 1.29 is 4.79 Å². The highest BCUT2D eigenvalue weighted by atomic mass is 16.1. The first kappa shape index (κ1) is 18.8. The van der Waals surface area contributed by atoms with E-state index >= 15 is 0 Å². The first-order valence-corrected chi connectivity index (χ1v) is 8.96. The zero-order valence-electron chi connectivity index (χ0n) is 15.5. The molecule has 0 saturated carbocycles. The molecule has 0 aliphatic carbocycles. The average molecular weight is 340 g/mol. The van der Waals surface area contributed by atoms with Crippen molar-refractivity contribution >= 4 is 23.0 Å². The molecule has 5 heteroatoms. The number of benzene rings is 1. The fraction of sp³-hybridized carbons (Fsp3) is 0.400. The highest BCUT2D eigenvalue weighted by molar-refractivity contribution is 6.03. The van der Waals surface area contributed by atoms with E-state index in [0.717, 1.165) is 36.6 Å². The normalized spacial score (nSPS) is 11.7. The molecular weight excluding hydrogens is 312 g/mol. The molecule has 0 bridgehead atoms. The topological polar surface area (TPSA) is 57.3 Å². The monoisotopic (exact) mass is 340 g/mol. The van der Waals surface area contributed by atoms with E-state index < -0.39 is 0 Å². The van der Waals surface area contributed by atoms with Crippen LogP contribution in [0.15, 0.2) is 42.6 Å². The number of aromatic nitrogens is 1. The number of carbonyl (C=O) groups excluding carboxylic acids is 1. The van der Waals surface area contributed by atoms with Gasteiger partial charge >= 0.3 is 0 Å². The molecule has 0 spiro atoms. The third-order valence-corrected chi connectivity index (χ3v) is 4.27. The zero-order valence-corrected chi connectivity index (χ0v) is 15.5. The minimum Gasteiger partial charge on any atom is -0.382 e. The van der Waals surface area contributed by atoms with E-state index in [0.29, 0.717) is 11.7 Å². The Morgan fingerprint density at radius 3 is 2.36 bits per heavy atom. The van der Waals surface area contributed by atoms with E-state index in [4.69, 9.17) is 0 Å². The van der Waals surface area contributed by atoms with Crippen LogP contribution in [0, 0.1) is 0 Å². The maximum Gasteiger partial charge on any atom is 0.274 e. The molecule has 25 heavy (non-hydrogen) atoms. The molecule has 5 nitrogen and oxygen atoms in total. The van der Waals surface area contributed by atoms with E-state index in [1.807, 2.05) is 30.3 Å². The Balaban J connectivity index is 2.05. The van der Waals surface area contributed by atoms with Crippen molar-refractivity contribution in [2.45, 2.75) is 40.2 Å². The molecule has 0 aliphatic heterocycles. The first-order chi connectivity index (χ1) is 12.1. The van der Waals surface area contributed by atoms with Gasteiger partial charge in [-0.2, -0.15) is 0 Å². The van der Waals surface area contributed by atoms with Crippen molar-refractivity contribution in [2.75, 3.05) is 28.6 Å². The minimum atomic E-state index is -0.205. The Bertz CT molecular complexity index is 680. The van der Waals surface area contributed by atoms with Gasteiger partial charge in [-0.15, -0.1) is 0 Å². The Kier molecular flexibility index (Phi) is 6.81. The highest BCUT2D eigenvalue weighted by Gasteiger charge is 2.10. The second-order valence-corrected chi connectivity index (χ2v) is 6.06. The predicted molar refractivity (Wildman–Crippen MR) is 106 cm³/mol. The molecule has 1 aromatic carbocycles. The van der Waals surface area contributed by atoms with Gasteiger partial charge in [-0.3, -0.25) is 9.78 Å². The Morgan fingerprint density at radius 2 is 1.76 bits per heavy atom. The van der Waals surface area contributed by atoms with Gasteiger partial charge in [-0.25, -0.2) is 0 Å². The molecule has 0 saturated heterocycles. The molecule has 1 amide bonds. The van der Waals surface area contributed by atoms with Crippen LogP contribution in [0.3, 0.4) is 0 Å². The van der Waals surface area contributed by atoms with Crippen LogP contribution in [0.1, 0.15) is 44.6 Å². The number of pyridine rings is 1. The van der Waals surface area contributed by atoms with E-state index in [2.05, 4.69) is 48.2 Å². The molecule has 2 rings (SSSR count). The lowest BCUT2D eigenvalue weighted by Gasteiger charge is -2.21. The van der Waals surface area contributed by atoms with E-state index in [1.165, 1.54) is 0 Å². The predicted octanol–water partition coefficient (Wildman–Crippen LogP) is 4.39. The molecule has 1 unspecified atom stereocenters. The van der Waals surface area contributed by atoms with Crippen LogP contribution in [-0.2, 0) is 0 Å². The largest absolute Gasteiger partial charge is 0.382 e. The summed E-state index contributed by atoms with van der Waals surface area (Å²) in [6.45, 7) is 10.4. The van der Waals surface area contributed by atoms with Crippen LogP contribution in [0.2, 0.25) is 0 Å². The van der Waals surface area contributed by atoms with Crippen molar-refractivity contribution in [2.24, 2.45) is 0 Å². The summed E-state index contributed by atoms with van der Waals surface area (Å²) >= 11 is 0. The summed E-state index contributed by atoms with van der Waals surface area (Å²) in [5.41, 5.74) is 3.23. The maximum atomic E-state index is 12.4. The molecule has 134 valence electrons. The summed E-state index contributed by atoms with van der Waals surface area (Å²) in [5.74, 6) is -0.205. The Morgan fingerprint density at radius 1 is 1.08 bits per heavy atom. The van der Waals surface area contributed by atoms with Crippen LogP contribution in [0.4, 0.5) is 17.1 Å². The SMILES string of the molecule is CCC(C)Nc1ccnc(C(=O)Nc2ccc(N(CC)CC)cc2)c1. The third kappa shape index (κ3) is 5.21. The summed E-state index contributed by atoms with van der Waals surface area (Å²) in [5, 5.41) is 6.27. The van der Waals surface area contributed by atoms with Crippen LogP contribution in [0.25, 0.3) is 0 Å². The van der Waals surface area contributed by atoms with Crippen molar-refractivity contribution in [3.63, 3.8) is 0 Å². The fourth-order valence-corrected chi connectivity index (χ4v) is 2.57. The summed E-state index contributed by atoms with van der Waals surface area (Å²) in [4.78, 5) is 18.9. The smallest absolute Gasteiger partial charge is 0.274 e. The van der Waals surface area contributed by atoms with Gasteiger partial charge in [0.25, 0.3) is 5.91 Å². The number of nitrogens with one attached hydrogen (secondary N) is 2. The lowest BCUT2D eigenvalue weighted by atomic mass is 10.2. The molecule has 0 radical (unpaired) electrons. The summed E-state index contributed by atoms with van der Waals surface area (Å²) in [6.07, 6.45) is 2.67. The van der Waals surface area contributed by atoms with Crippen LogP contribution < -0.4 is 15.5 Å². The molecule has 1 heterocycles. The molecule has 0 aliphatic rings. The molecular formula is C20H28N4O. The fourth-order valence-electron chi connectivity index (χ4n) is 2.57. The lowest BCUT2D eigenvalue weighted by Crippen LogP contribution is -2.21. The van der Waals surface area contributed by atoms with Crippen LogP contribution in [0.5, 0.6) is 0 Å². The van der Waals surface area contributed by atoms with Gasteiger partial charge in [0.15, 0.2) is 0 Å². The van der Waals surface area contributed by atoms with Gasteiger partial charge in [0.2, 0.25) is 0 Å². The van der Waals surface area contributed by atoms with Gasteiger partial charge < -0.3 is 15.5 Å². The number of nitrogens with zero attached hydrogens (tertiary/aromatic N) is 2.